The Hall–Kier alpha value is -7.14. The van der Waals surface area contributed by atoms with Gasteiger partial charge in [-0.05, 0) is 92.1 Å². The van der Waals surface area contributed by atoms with Gasteiger partial charge in [0.15, 0.2) is 0 Å². The molecule has 0 aliphatic carbocycles. The fraction of sp³-hybridized carbons (Fsp3) is 0. The van der Waals surface area contributed by atoms with Crippen LogP contribution in [0.15, 0.2) is 210 Å². The summed E-state index contributed by atoms with van der Waals surface area (Å²) in [6.45, 7) is -0.0625. The van der Waals surface area contributed by atoms with Crippen LogP contribution in [-0.2, 0) is 0 Å². The maximum atomic E-state index is 7.21. The smallest absolute Gasteiger partial charge is 0.260 e. The van der Waals surface area contributed by atoms with Crippen molar-refractivity contribution in [2.24, 2.45) is 0 Å². The summed E-state index contributed by atoms with van der Waals surface area (Å²) in [5, 5.41) is 0. The van der Waals surface area contributed by atoms with Gasteiger partial charge in [0, 0.05) is 38.3 Å². The van der Waals surface area contributed by atoms with Crippen LogP contribution < -0.4 is 47.2 Å². The molecule has 0 atom stereocenters. The third-order valence-corrected chi connectivity index (χ3v) is 13.8. The monoisotopic (exact) mass is 781 g/mol. The Morgan fingerprint density at radius 2 is 0.917 bits per heavy atom. The first-order chi connectivity index (χ1) is 29.7. The summed E-state index contributed by atoms with van der Waals surface area (Å²) < 4.78 is 14.0. The van der Waals surface area contributed by atoms with E-state index in [1.54, 1.807) is 0 Å². The van der Waals surface area contributed by atoms with Crippen LogP contribution in [0.3, 0.4) is 0 Å². The van der Waals surface area contributed by atoms with E-state index in [2.05, 4.69) is 205 Å². The summed E-state index contributed by atoms with van der Waals surface area (Å²) in [6.07, 6.45) is 0. The van der Waals surface area contributed by atoms with E-state index in [9.17, 15) is 0 Å². The average molecular weight is 782 g/mol. The summed E-state index contributed by atoms with van der Waals surface area (Å²) in [4.78, 5) is 5.10. The van der Waals surface area contributed by atoms with Crippen molar-refractivity contribution in [3.05, 3.63) is 200 Å². The summed E-state index contributed by atoms with van der Waals surface area (Å²) in [5.41, 5.74) is 17.7. The zero-order valence-electron chi connectivity index (χ0n) is 32.4. The first kappa shape index (κ1) is 33.8. The predicted octanol–water partition coefficient (Wildman–Crippen LogP) is 10.2. The highest BCUT2D eigenvalue weighted by Gasteiger charge is 2.46. The van der Waals surface area contributed by atoms with E-state index in [0.717, 1.165) is 61.9 Å². The molecule has 0 saturated heterocycles. The number of benzene rings is 9. The Morgan fingerprint density at radius 3 is 1.67 bits per heavy atom. The molecule has 4 heterocycles. The number of hydrogen-bond donors (Lipinski definition) is 0. The van der Waals surface area contributed by atoms with Crippen molar-refractivity contribution in [1.82, 2.24) is 0 Å². The zero-order valence-corrected chi connectivity index (χ0v) is 33.2. The molecule has 4 aliphatic heterocycles. The number of fused-ring (bicyclic) bond motifs is 8. The van der Waals surface area contributed by atoms with Crippen LogP contribution in [0.2, 0.25) is 0 Å². The maximum absolute atomic E-state index is 7.21. The van der Waals surface area contributed by atoms with Crippen LogP contribution in [0.4, 0.5) is 17.1 Å². The van der Waals surface area contributed by atoms with E-state index in [0.29, 0.717) is 0 Å². The van der Waals surface area contributed by atoms with Gasteiger partial charge in [0.05, 0.1) is 5.69 Å². The van der Waals surface area contributed by atoms with Crippen LogP contribution in [0.5, 0.6) is 23.0 Å². The molecule has 0 radical (unpaired) electrons. The van der Waals surface area contributed by atoms with Crippen molar-refractivity contribution < 1.29 is 9.47 Å². The van der Waals surface area contributed by atoms with Crippen molar-refractivity contribution in [3.63, 3.8) is 0 Å². The summed E-state index contributed by atoms with van der Waals surface area (Å²) in [7, 11) is 0. The molecule has 60 heavy (non-hydrogen) atoms. The van der Waals surface area contributed by atoms with Crippen LogP contribution in [-0.4, -0.2) is 13.4 Å². The molecule has 6 heteroatoms. The van der Waals surface area contributed by atoms with Gasteiger partial charge in [0.1, 0.15) is 23.0 Å². The molecule has 9 aromatic carbocycles. The Morgan fingerprint density at radius 1 is 0.333 bits per heavy atom. The van der Waals surface area contributed by atoms with Gasteiger partial charge in [0.2, 0.25) is 6.71 Å². The SMILES string of the molecule is c1ccc(-c2cc3c4c(c2)Oc2cc5c(cc2B4c2ccccc2O3)B2c3ccccc3Sc3cc(-c4ccccc4)cc(c32)N5c2ccccc2-c2ccccc2)cc1. The molecule has 3 nitrogen and oxygen atoms in total. The fourth-order valence-corrected chi connectivity index (χ4v) is 11.2. The molecule has 0 bridgehead atoms. The average Bonchev–Trinajstić information content (AvgIpc) is 3.31. The second-order valence-electron chi connectivity index (χ2n) is 15.9. The molecule has 0 saturated carbocycles. The minimum Gasteiger partial charge on any atom is -0.458 e. The molecular formula is C54H33B2NO2S. The molecule has 13 rings (SSSR count). The second-order valence-corrected chi connectivity index (χ2v) is 17.0. The van der Waals surface area contributed by atoms with Crippen molar-refractivity contribution >= 4 is 75.0 Å². The normalized spacial score (nSPS) is 13.4. The lowest BCUT2D eigenvalue weighted by molar-refractivity contribution is 0.465. The standard InChI is InChI=1S/C54H33B2NO2S/c1-4-16-34(17-5-1)37-28-46-53-52(31-37)60-51-27-15-12-24-41(51)56(53)42-32-43-48(33-45(42)57(46)44-25-13-10-22-39(44)36-20-8-3-9-21-36)59-50-30-38(35-18-6-2-7-19-35)29-49-54(50)55(43)40-23-11-14-26-47(40)58-49/h1-33H. The third kappa shape index (κ3) is 5.07. The molecule has 0 amide bonds. The first-order valence-corrected chi connectivity index (χ1v) is 21.4. The lowest BCUT2D eigenvalue weighted by Gasteiger charge is -2.42. The van der Waals surface area contributed by atoms with E-state index in [4.69, 9.17) is 9.47 Å². The topological polar surface area (TPSA) is 21.7 Å². The van der Waals surface area contributed by atoms with E-state index in [1.807, 2.05) is 11.8 Å². The molecule has 0 spiro atoms. The van der Waals surface area contributed by atoms with Crippen molar-refractivity contribution in [2.75, 3.05) is 4.90 Å². The van der Waals surface area contributed by atoms with E-state index in [-0.39, 0.29) is 13.4 Å². The number of ether oxygens (including phenoxy) is 2. The van der Waals surface area contributed by atoms with E-state index >= 15 is 0 Å². The fourth-order valence-electron chi connectivity index (χ4n) is 10.0. The van der Waals surface area contributed by atoms with Gasteiger partial charge in [-0.3, -0.25) is 0 Å². The van der Waals surface area contributed by atoms with Gasteiger partial charge in [-0.1, -0.05) is 169 Å². The maximum Gasteiger partial charge on any atom is 0.260 e. The molecule has 4 aliphatic rings. The van der Waals surface area contributed by atoms with Crippen molar-refractivity contribution in [3.8, 4) is 56.4 Å². The Bertz CT molecular complexity index is 3210. The molecule has 9 aromatic rings. The van der Waals surface area contributed by atoms with Crippen molar-refractivity contribution in [1.29, 1.82) is 0 Å². The molecule has 278 valence electrons. The number of anilines is 3. The summed E-state index contributed by atoms with van der Waals surface area (Å²) in [6, 6.07) is 72.5. The molecule has 0 aromatic heterocycles. The van der Waals surface area contributed by atoms with E-state index < -0.39 is 0 Å². The van der Waals surface area contributed by atoms with Gasteiger partial charge >= 0.3 is 0 Å². The van der Waals surface area contributed by atoms with Gasteiger partial charge < -0.3 is 14.4 Å². The molecule has 0 unspecified atom stereocenters. The Labute approximate surface area is 354 Å². The van der Waals surface area contributed by atoms with Gasteiger partial charge in [-0.15, -0.1) is 0 Å². The predicted molar refractivity (Wildman–Crippen MR) is 250 cm³/mol. The summed E-state index contributed by atoms with van der Waals surface area (Å²) >= 11 is 1.89. The van der Waals surface area contributed by atoms with Gasteiger partial charge in [-0.25, -0.2) is 0 Å². The number of nitrogens with zero attached hydrogens (tertiary/aromatic N) is 1. The van der Waals surface area contributed by atoms with Crippen LogP contribution >= 0.6 is 11.8 Å². The first-order valence-electron chi connectivity index (χ1n) is 20.6. The molecule has 0 fully saturated rings. The summed E-state index contributed by atoms with van der Waals surface area (Å²) in [5.74, 6) is 3.43. The third-order valence-electron chi connectivity index (χ3n) is 12.6. The number of hydrogen-bond acceptors (Lipinski definition) is 4. The Kier molecular flexibility index (Phi) is 7.43. The van der Waals surface area contributed by atoms with E-state index in [1.165, 1.54) is 54.1 Å². The van der Waals surface area contributed by atoms with Crippen LogP contribution in [0, 0.1) is 0 Å². The second kappa shape index (κ2) is 13.2. The lowest BCUT2D eigenvalue weighted by atomic mass is 9.31. The minimum atomic E-state index is -0.0709. The quantitative estimate of drug-likeness (QED) is 0.166. The van der Waals surface area contributed by atoms with Crippen LogP contribution in [0.1, 0.15) is 0 Å². The van der Waals surface area contributed by atoms with Crippen molar-refractivity contribution in [2.45, 2.75) is 9.79 Å². The highest BCUT2D eigenvalue weighted by molar-refractivity contribution is 8.00. The molecule has 0 N–H and O–H groups in total. The Balaban J connectivity index is 1.11. The van der Waals surface area contributed by atoms with Crippen LogP contribution in [0.25, 0.3) is 33.4 Å². The molecular weight excluding hydrogens is 748 g/mol. The van der Waals surface area contributed by atoms with Gasteiger partial charge in [-0.2, -0.15) is 0 Å². The number of para-hydroxylation sites is 2. The number of rotatable bonds is 4. The minimum absolute atomic E-state index is 0.00844. The highest BCUT2D eigenvalue weighted by Crippen LogP contribution is 2.48. The lowest BCUT2D eigenvalue weighted by Crippen LogP contribution is -2.63. The highest BCUT2D eigenvalue weighted by atomic mass is 32.2. The largest absolute Gasteiger partial charge is 0.458 e. The zero-order chi connectivity index (χ0) is 39.3. The van der Waals surface area contributed by atoms with Gasteiger partial charge in [0.25, 0.3) is 6.71 Å².